The third-order valence-corrected chi connectivity index (χ3v) is 4.52. The minimum absolute atomic E-state index is 0.0379. The number of nitrogens with zero attached hydrogens (tertiary/aromatic N) is 3. The molecule has 0 spiro atoms. The van der Waals surface area contributed by atoms with Crippen LogP contribution in [-0.2, 0) is 17.8 Å². The standard InChI is InChI=1S/C20H24FN3O3/c1-2-10-24-19(25)9-8-18(22-24)20(26)23(14-17-7-4-11-27-17)13-15-5-3-6-16(21)12-15/h3,5-6,8-9,12,17H,2,4,7,10-11,13-14H2,1H3/t17-/m1/s1. The predicted molar refractivity (Wildman–Crippen MR) is 98.9 cm³/mol. The lowest BCUT2D eigenvalue weighted by molar-refractivity contribution is 0.0500. The summed E-state index contributed by atoms with van der Waals surface area (Å²) < 4.78 is 20.5. The lowest BCUT2D eigenvalue weighted by Crippen LogP contribution is -2.38. The van der Waals surface area contributed by atoms with E-state index in [0.29, 0.717) is 25.3 Å². The second-order valence-corrected chi connectivity index (χ2v) is 6.73. The Balaban J connectivity index is 1.85. The fraction of sp³-hybridized carbons (Fsp3) is 0.450. The van der Waals surface area contributed by atoms with Crippen molar-refractivity contribution in [2.45, 2.75) is 45.4 Å². The van der Waals surface area contributed by atoms with Crippen LogP contribution in [0.4, 0.5) is 4.39 Å². The molecule has 1 amide bonds. The smallest absolute Gasteiger partial charge is 0.274 e. The number of rotatable bonds is 7. The zero-order valence-electron chi connectivity index (χ0n) is 15.4. The molecule has 144 valence electrons. The number of amides is 1. The summed E-state index contributed by atoms with van der Waals surface area (Å²) in [6.45, 7) is 3.74. The molecule has 2 aromatic rings. The maximum absolute atomic E-state index is 13.6. The van der Waals surface area contributed by atoms with Crippen molar-refractivity contribution in [2.24, 2.45) is 0 Å². The van der Waals surface area contributed by atoms with E-state index in [9.17, 15) is 14.0 Å². The van der Waals surface area contributed by atoms with E-state index >= 15 is 0 Å². The quantitative estimate of drug-likeness (QED) is 0.748. The highest BCUT2D eigenvalue weighted by molar-refractivity contribution is 5.92. The van der Waals surface area contributed by atoms with Gasteiger partial charge in [-0.25, -0.2) is 9.07 Å². The molecule has 1 aliphatic rings. The van der Waals surface area contributed by atoms with Crippen LogP contribution in [0, 0.1) is 5.82 Å². The van der Waals surface area contributed by atoms with Gasteiger partial charge in [0.1, 0.15) is 11.5 Å². The van der Waals surface area contributed by atoms with E-state index in [4.69, 9.17) is 4.74 Å². The SMILES string of the molecule is CCCn1nc(C(=O)N(Cc2cccc(F)c2)C[C@H]2CCCO2)ccc1=O. The molecule has 0 bridgehead atoms. The molecule has 0 unspecified atom stereocenters. The molecule has 0 aliphatic carbocycles. The summed E-state index contributed by atoms with van der Waals surface area (Å²) in [6.07, 6.45) is 2.55. The van der Waals surface area contributed by atoms with Gasteiger partial charge in [0.05, 0.1) is 6.10 Å². The van der Waals surface area contributed by atoms with Crippen LogP contribution in [-0.4, -0.2) is 39.8 Å². The van der Waals surface area contributed by atoms with Crippen molar-refractivity contribution in [3.63, 3.8) is 0 Å². The van der Waals surface area contributed by atoms with Gasteiger partial charge in [-0.2, -0.15) is 5.10 Å². The third kappa shape index (κ3) is 5.01. The van der Waals surface area contributed by atoms with E-state index in [0.717, 1.165) is 19.3 Å². The number of hydrogen-bond donors (Lipinski definition) is 0. The second kappa shape index (κ2) is 8.90. The zero-order chi connectivity index (χ0) is 19.2. The molecule has 1 fully saturated rings. The van der Waals surface area contributed by atoms with E-state index in [1.807, 2.05) is 6.92 Å². The van der Waals surface area contributed by atoms with Crippen LogP contribution in [0.2, 0.25) is 0 Å². The summed E-state index contributed by atoms with van der Waals surface area (Å²) >= 11 is 0. The van der Waals surface area contributed by atoms with Crippen molar-refractivity contribution in [3.8, 4) is 0 Å². The summed E-state index contributed by atoms with van der Waals surface area (Å²) in [5, 5.41) is 4.21. The minimum atomic E-state index is -0.341. The number of ether oxygens (including phenoxy) is 1. The van der Waals surface area contributed by atoms with Crippen LogP contribution in [0.5, 0.6) is 0 Å². The molecule has 1 aliphatic heterocycles. The number of halogens is 1. The molecule has 1 aromatic heterocycles. The van der Waals surface area contributed by atoms with Crippen LogP contribution in [0.1, 0.15) is 42.2 Å². The fourth-order valence-corrected chi connectivity index (χ4v) is 3.21. The van der Waals surface area contributed by atoms with Crippen LogP contribution >= 0.6 is 0 Å². The first-order valence-electron chi connectivity index (χ1n) is 9.30. The van der Waals surface area contributed by atoms with Gasteiger partial charge in [-0.3, -0.25) is 9.59 Å². The van der Waals surface area contributed by atoms with Gasteiger partial charge in [-0.15, -0.1) is 0 Å². The summed E-state index contributed by atoms with van der Waals surface area (Å²) in [5.74, 6) is -0.633. The number of benzene rings is 1. The number of carbonyl (C=O) groups excluding carboxylic acids is 1. The van der Waals surface area contributed by atoms with E-state index in [-0.39, 0.29) is 35.6 Å². The third-order valence-electron chi connectivity index (χ3n) is 4.52. The van der Waals surface area contributed by atoms with Crippen molar-refractivity contribution in [2.75, 3.05) is 13.2 Å². The first-order valence-corrected chi connectivity index (χ1v) is 9.30. The monoisotopic (exact) mass is 373 g/mol. The molecule has 7 heteroatoms. The zero-order valence-corrected chi connectivity index (χ0v) is 15.4. The summed E-state index contributed by atoms with van der Waals surface area (Å²) in [7, 11) is 0. The average Bonchev–Trinajstić information content (AvgIpc) is 3.16. The Labute approximate surface area is 157 Å². The van der Waals surface area contributed by atoms with Crippen molar-refractivity contribution in [1.82, 2.24) is 14.7 Å². The molecule has 2 heterocycles. The Morgan fingerprint density at radius 2 is 2.22 bits per heavy atom. The van der Waals surface area contributed by atoms with Gasteiger partial charge in [-0.05, 0) is 43.0 Å². The van der Waals surface area contributed by atoms with Gasteiger partial charge in [0.15, 0.2) is 0 Å². The normalized spacial score (nSPS) is 16.4. The average molecular weight is 373 g/mol. The maximum atomic E-state index is 13.6. The Bertz CT molecular complexity index is 846. The van der Waals surface area contributed by atoms with E-state index in [2.05, 4.69) is 5.10 Å². The van der Waals surface area contributed by atoms with Gasteiger partial charge in [0, 0.05) is 32.3 Å². The molecule has 0 radical (unpaired) electrons. The Morgan fingerprint density at radius 1 is 1.37 bits per heavy atom. The molecule has 0 saturated carbocycles. The Hall–Kier alpha value is -2.54. The van der Waals surface area contributed by atoms with Crippen molar-refractivity contribution >= 4 is 5.91 Å². The first kappa shape index (κ1) is 19.2. The van der Waals surface area contributed by atoms with Crippen molar-refractivity contribution in [1.29, 1.82) is 0 Å². The Kier molecular flexibility index (Phi) is 6.34. The van der Waals surface area contributed by atoms with Crippen molar-refractivity contribution < 1.29 is 13.9 Å². The highest BCUT2D eigenvalue weighted by Gasteiger charge is 2.25. The number of aryl methyl sites for hydroxylation is 1. The molecular formula is C20H24FN3O3. The topological polar surface area (TPSA) is 64.4 Å². The van der Waals surface area contributed by atoms with Gasteiger partial charge in [0.25, 0.3) is 11.5 Å². The van der Waals surface area contributed by atoms with Gasteiger partial charge in [-0.1, -0.05) is 19.1 Å². The fourth-order valence-electron chi connectivity index (χ4n) is 3.21. The van der Waals surface area contributed by atoms with E-state index in [1.54, 1.807) is 17.0 Å². The summed E-state index contributed by atoms with van der Waals surface area (Å²) in [6, 6.07) is 9.01. The van der Waals surface area contributed by atoms with Gasteiger partial charge < -0.3 is 9.64 Å². The van der Waals surface area contributed by atoms with Crippen molar-refractivity contribution in [3.05, 3.63) is 63.8 Å². The molecular weight excluding hydrogens is 349 g/mol. The number of hydrogen-bond acceptors (Lipinski definition) is 4. The molecule has 27 heavy (non-hydrogen) atoms. The van der Waals surface area contributed by atoms with Crippen LogP contribution in [0.15, 0.2) is 41.2 Å². The highest BCUT2D eigenvalue weighted by Crippen LogP contribution is 2.17. The van der Waals surface area contributed by atoms with Crippen LogP contribution < -0.4 is 5.56 Å². The molecule has 3 rings (SSSR count). The van der Waals surface area contributed by atoms with E-state index < -0.39 is 0 Å². The molecule has 1 atom stereocenters. The largest absolute Gasteiger partial charge is 0.376 e. The molecule has 6 nitrogen and oxygen atoms in total. The lowest BCUT2D eigenvalue weighted by Gasteiger charge is -2.25. The number of carbonyl (C=O) groups is 1. The molecule has 1 aromatic carbocycles. The van der Waals surface area contributed by atoms with Gasteiger partial charge in [0.2, 0.25) is 0 Å². The molecule has 1 saturated heterocycles. The summed E-state index contributed by atoms with van der Waals surface area (Å²) in [5.41, 5.74) is 0.671. The van der Waals surface area contributed by atoms with Gasteiger partial charge >= 0.3 is 0 Å². The van der Waals surface area contributed by atoms with E-state index in [1.165, 1.54) is 28.9 Å². The second-order valence-electron chi connectivity index (χ2n) is 6.73. The lowest BCUT2D eigenvalue weighted by atomic mass is 10.1. The van der Waals surface area contributed by atoms with Crippen LogP contribution in [0.25, 0.3) is 0 Å². The van der Waals surface area contributed by atoms with Crippen LogP contribution in [0.3, 0.4) is 0 Å². The summed E-state index contributed by atoms with van der Waals surface area (Å²) in [4.78, 5) is 26.6. The highest BCUT2D eigenvalue weighted by atomic mass is 19.1. The maximum Gasteiger partial charge on any atom is 0.274 e. The minimum Gasteiger partial charge on any atom is -0.376 e. The number of aromatic nitrogens is 2. The predicted octanol–water partition coefficient (Wildman–Crippen LogP) is 2.61. The Morgan fingerprint density at radius 3 is 2.93 bits per heavy atom. The molecule has 0 N–H and O–H groups in total. The first-order chi connectivity index (χ1) is 13.1.